The summed E-state index contributed by atoms with van der Waals surface area (Å²) in [7, 11) is 0. The number of fused-ring (bicyclic) bond motifs is 1. The molecule has 4 rings (SSSR count). The molecule has 0 saturated carbocycles. The number of nitrogens with zero attached hydrogens (tertiary/aromatic N) is 3. The van der Waals surface area contributed by atoms with E-state index in [1.807, 2.05) is 6.92 Å². The molecular weight excluding hydrogens is 507 g/mol. The second-order valence-corrected chi connectivity index (χ2v) is 9.45. The molecule has 0 atom stereocenters. The van der Waals surface area contributed by atoms with Crippen molar-refractivity contribution in [2.24, 2.45) is 0 Å². The van der Waals surface area contributed by atoms with E-state index in [-0.39, 0.29) is 17.4 Å². The van der Waals surface area contributed by atoms with Gasteiger partial charge in [0.05, 0.1) is 29.5 Å². The molecule has 11 heteroatoms. The van der Waals surface area contributed by atoms with Crippen LogP contribution in [0.25, 0.3) is 11.0 Å². The zero-order valence-corrected chi connectivity index (χ0v) is 21.0. The standard InChI is InChI=1S/C26H22F3N3O4S/c1-15-11-22(33)36-21-13-18(7-8-19(15)21)35-10-4-9-31-24(37)32(23(34)25(31,2)3)17-6-5-16(14-30)20(12-17)26(27,28)29/h5-8,11-13H,4,9-10H2,1-3H3. The minimum atomic E-state index is -4.76. The normalized spacial score (nSPS) is 15.4. The summed E-state index contributed by atoms with van der Waals surface area (Å²) in [5.41, 5.74) is -2.08. The van der Waals surface area contributed by atoms with Crippen molar-refractivity contribution in [2.75, 3.05) is 18.1 Å². The highest BCUT2D eigenvalue weighted by Crippen LogP contribution is 2.38. The predicted octanol–water partition coefficient (Wildman–Crippen LogP) is 5.17. The maximum Gasteiger partial charge on any atom is 0.417 e. The minimum Gasteiger partial charge on any atom is -0.493 e. The van der Waals surface area contributed by atoms with E-state index < -0.39 is 34.4 Å². The fourth-order valence-electron chi connectivity index (χ4n) is 4.25. The van der Waals surface area contributed by atoms with Gasteiger partial charge in [-0.2, -0.15) is 18.4 Å². The van der Waals surface area contributed by atoms with Crippen LogP contribution in [0.5, 0.6) is 5.75 Å². The van der Waals surface area contributed by atoms with Crippen LogP contribution in [0.15, 0.2) is 51.7 Å². The van der Waals surface area contributed by atoms with E-state index in [9.17, 15) is 22.8 Å². The first-order chi connectivity index (χ1) is 17.3. The second kappa shape index (κ2) is 9.52. The topological polar surface area (TPSA) is 86.8 Å². The molecule has 3 aromatic rings. The van der Waals surface area contributed by atoms with E-state index in [1.165, 1.54) is 18.2 Å². The summed E-state index contributed by atoms with van der Waals surface area (Å²) < 4.78 is 51.4. The quantitative estimate of drug-likeness (QED) is 0.247. The van der Waals surface area contributed by atoms with Gasteiger partial charge in [-0.3, -0.25) is 9.69 Å². The van der Waals surface area contributed by atoms with Gasteiger partial charge in [0.1, 0.15) is 16.9 Å². The molecule has 1 aliphatic rings. The van der Waals surface area contributed by atoms with Gasteiger partial charge in [0.25, 0.3) is 5.91 Å². The third-order valence-electron chi connectivity index (χ3n) is 6.23. The SMILES string of the molecule is Cc1cc(=O)oc2cc(OCCCN3C(=S)N(c4ccc(C#N)c(C(F)(F)F)c4)C(=O)C3(C)C)ccc12. The highest BCUT2D eigenvalue weighted by Gasteiger charge is 2.49. The van der Waals surface area contributed by atoms with Crippen LogP contribution in [-0.4, -0.2) is 34.6 Å². The molecule has 2 heterocycles. The number of carbonyl (C=O) groups is 1. The fraction of sp³-hybridized carbons (Fsp3) is 0.308. The molecule has 0 aliphatic carbocycles. The number of amides is 1. The van der Waals surface area contributed by atoms with Crippen LogP contribution in [0.2, 0.25) is 0 Å². The number of alkyl halides is 3. The van der Waals surface area contributed by atoms with Crippen molar-refractivity contribution in [1.29, 1.82) is 5.26 Å². The first kappa shape index (κ1) is 26.2. The number of rotatable bonds is 6. The Labute approximate surface area is 215 Å². The molecule has 1 fully saturated rings. The average Bonchev–Trinajstić information content (AvgIpc) is 2.99. The zero-order chi connectivity index (χ0) is 27.1. The molecule has 37 heavy (non-hydrogen) atoms. The fourth-order valence-corrected chi connectivity index (χ4v) is 4.76. The Hall–Kier alpha value is -3.91. The summed E-state index contributed by atoms with van der Waals surface area (Å²) in [4.78, 5) is 27.5. The van der Waals surface area contributed by atoms with Crippen LogP contribution in [0.1, 0.15) is 37.0 Å². The lowest BCUT2D eigenvalue weighted by atomic mass is 10.0. The maximum atomic E-state index is 13.5. The molecule has 2 aromatic carbocycles. The van der Waals surface area contributed by atoms with Crippen molar-refractivity contribution in [2.45, 2.75) is 38.9 Å². The average molecular weight is 530 g/mol. The molecule has 1 aliphatic heterocycles. The second-order valence-electron chi connectivity index (χ2n) is 9.08. The largest absolute Gasteiger partial charge is 0.493 e. The third-order valence-corrected chi connectivity index (χ3v) is 6.63. The Morgan fingerprint density at radius 3 is 2.54 bits per heavy atom. The Kier molecular flexibility index (Phi) is 6.73. The predicted molar refractivity (Wildman–Crippen MR) is 134 cm³/mol. The Morgan fingerprint density at radius 1 is 1.14 bits per heavy atom. The number of aryl methyl sites for hydroxylation is 1. The summed E-state index contributed by atoms with van der Waals surface area (Å²) in [6.45, 7) is 5.65. The van der Waals surface area contributed by atoms with Gasteiger partial charge < -0.3 is 14.1 Å². The highest BCUT2D eigenvalue weighted by molar-refractivity contribution is 7.80. The molecule has 1 saturated heterocycles. The Bertz CT molecular complexity index is 1510. The van der Waals surface area contributed by atoms with Crippen molar-refractivity contribution >= 4 is 39.9 Å². The van der Waals surface area contributed by atoms with Crippen molar-refractivity contribution in [3.05, 3.63) is 69.6 Å². The van der Waals surface area contributed by atoms with E-state index in [2.05, 4.69) is 0 Å². The van der Waals surface area contributed by atoms with Gasteiger partial charge in [-0.05, 0) is 75.3 Å². The third kappa shape index (κ3) is 4.89. The van der Waals surface area contributed by atoms with E-state index in [0.29, 0.717) is 24.3 Å². The monoisotopic (exact) mass is 529 g/mol. The van der Waals surface area contributed by atoms with Gasteiger partial charge in [-0.15, -0.1) is 0 Å². The van der Waals surface area contributed by atoms with E-state index in [0.717, 1.165) is 28.0 Å². The van der Waals surface area contributed by atoms with Gasteiger partial charge >= 0.3 is 11.8 Å². The number of anilines is 1. The van der Waals surface area contributed by atoms with E-state index in [1.54, 1.807) is 36.9 Å². The first-order valence-electron chi connectivity index (χ1n) is 11.3. The zero-order valence-electron chi connectivity index (χ0n) is 20.2. The minimum absolute atomic E-state index is 0.0545. The summed E-state index contributed by atoms with van der Waals surface area (Å²) in [6.07, 6.45) is -4.32. The van der Waals surface area contributed by atoms with Crippen molar-refractivity contribution < 1.29 is 27.1 Å². The molecule has 0 unspecified atom stereocenters. The number of carbonyl (C=O) groups excluding carboxylic acids is 1. The lowest BCUT2D eigenvalue weighted by Crippen LogP contribution is -2.44. The van der Waals surface area contributed by atoms with E-state index >= 15 is 0 Å². The lowest BCUT2D eigenvalue weighted by Gasteiger charge is -2.29. The molecule has 1 amide bonds. The molecular formula is C26H22F3N3O4S. The van der Waals surface area contributed by atoms with E-state index in [4.69, 9.17) is 26.6 Å². The van der Waals surface area contributed by atoms with Gasteiger partial charge in [-0.1, -0.05) is 0 Å². The lowest BCUT2D eigenvalue weighted by molar-refractivity contribution is -0.137. The molecule has 0 N–H and O–H groups in total. The number of nitriles is 1. The van der Waals surface area contributed by atoms with Crippen molar-refractivity contribution in [1.82, 2.24) is 4.90 Å². The van der Waals surface area contributed by atoms with Crippen molar-refractivity contribution in [3.8, 4) is 11.8 Å². The van der Waals surface area contributed by atoms with Gasteiger partial charge in [0, 0.05) is 24.1 Å². The van der Waals surface area contributed by atoms with Crippen LogP contribution >= 0.6 is 12.2 Å². The molecule has 7 nitrogen and oxygen atoms in total. The first-order valence-corrected chi connectivity index (χ1v) is 11.7. The number of hydrogen-bond donors (Lipinski definition) is 0. The number of thiocarbonyl (C=S) groups is 1. The molecule has 0 spiro atoms. The summed E-state index contributed by atoms with van der Waals surface area (Å²) >= 11 is 5.49. The van der Waals surface area contributed by atoms with Gasteiger partial charge in [0.2, 0.25) is 0 Å². The number of hydrogen-bond acceptors (Lipinski definition) is 6. The molecule has 0 bridgehead atoms. The van der Waals surface area contributed by atoms with Crippen LogP contribution < -0.4 is 15.3 Å². The Morgan fingerprint density at radius 2 is 1.86 bits per heavy atom. The van der Waals surface area contributed by atoms with Crippen LogP contribution in [0, 0.1) is 18.3 Å². The summed E-state index contributed by atoms with van der Waals surface area (Å²) in [6, 6.07) is 11.2. The smallest absolute Gasteiger partial charge is 0.417 e. The molecule has 1 aromatic heterocycles. The highest BCUT2D eigenvalue weighted by atomic mass is 32.1. The maximum absolute atomic E-state index is 13.5. The number of ether oxygens (including phenoxy) is 1. The van der Waals surface area contributed by atoms with Crippen LogP contribution in [-0.2, 0) is 11.0 Å². The van der Waals surface area contributed by atoms with Gasteiger partial charge in [0.15, 0.2) is 5.11 Å². The van der Waals surface area contributed by atoms with Crippen LogP contribution in [0.4, 0.5) is 18.9 Å². The van der Waals surface area contributed by atoms with Crippen molar-refractivity contribution in [3.63, 3.8) is 0 Å². The summed E-state index contributed by atoms with van der Waals surface area (Å²) in [5.74, 6) is 0.0238. The Balaban J connectivity index is 1.48. The van der Waals surface area contributed by atoms with Gasteiger partial charge in [-0.25, -0.2) is 4.79 Å². The summed E-state index contributed by atoms with van der Waals surface area (Å²) in [5, 5.41) is 9.91. The molecule has 192 valence electrons. The molecule has 0 radical (unpaired) electrons. The number of benzene rings is 2. The van der Waals surface area contributed by atoms with Crippen LogP contribution in [0.3, 0.4) is 0 Å². The number of halogens is 3.